The standard InChI is InChI=1S/C21H25ClN2O4/c1-14-17(9-11-28-14)21(26)24-10-3-4-15(13-24)5-8-20(25)23-16-6-7-19(27-2)18(22)12-16/h6-7,9,11-12,15H,3-5,8,10,13H2,1-2H3,(H,23,25)/t15-/m0/s1. The van der Waals surface area contributed by atoms with Gasteiger partial charge in [-0.25, -0.2) is 0 Å². The molecular weight excluding hydrogens is 380 g/mol. The molecule has 1 aromatic carbocycles. The molecule has 2 aromatic rings. The summed E-state index contributed by atoms with van der Waals surface area (Å²) in [6, 6.07) is 6.87. The van der Waals surface area contributed by atoms with Crippen LogP contribution < -0.4 is 10.1 Å². The Kier molecular flexibility index (Phi) is 6.62. The van der Waals surface area contributed by atoms with Gasteiger partial charge in [-0.05, 0) is 56.4 Å². The number of carbonyl (C=O) groups is 2. The van der Waals surface area contributed by atoms with Gasteiger partial charge in [0.2, 0.25) is 5.91 Å². The summed E-state index contributed by atoms with van der Waals surface area (Å²) < 4.78 is 10.4. The van der Waals surface area contributed by atoms with E-state index in [1.807, 2.05) is 4.90 Å². The number of methoxy groups -OCH3 is 1. The Hall–Kier alpha value is -2.47. The average Bonchev–Trinajstić information content (AvgIpc) is 3.12. The second-order valence-corrected chi connectivity index (χ2v) is 7.49. The highest BCUT2D eigenvalue weighted by Gasteiger charge is 2.26. The van der Waals surface area contributed by atoms with E-state index in [2.05, 4.69) is 5.32 Å². The number of nitrogens with one attached hydrogen (secondary N) is 1. The van der Waals surface area contributed by atoms with Crippen LogP contribution in [0.2, 0.25) is 5.02 Å². The number of likely N-dealkylation sites (tertiary alicyclic amines) is 1. The fraction of sp³-hybridized carbons (Fsp3) is 0.429. The second kappa shape index (κ2) is 9.15. The van der Waals surface area contributed by atoms with Gasteiger partial charge in [-0.15, -0.1) is 0 Å². The molecule has 0 aliphatic carbocycles. The van der Waals surface area contributed by atoms with Crippen molar-refractivity contribution in [2.45, 2.75) is 32.6 Å². The molecular formula is C21H25ClN2O4. The molecule has 2 amide bonds. The molecule has 1 atom stereocenters. The minimum Gasteiger partial charge on any atom is -0.495 e. The summed E-state index contributed by atoms with van der Waals surface area (Å²) in [5.41, 5.74) is 1.27. The lowest BCUT2D eigenvalue weighted by Crippen LogP contribution is -2.40. The molecule has 28 heavy (non-hydrogen) atoms. The first kappa shape index (κ1) is 20.3. The minimum absolute atomic E-state index is 0.00766. The molecule has 1 aliphatic heterocycles. The first-order valence-electron chi connectivity index (χ1n) is 9.44. The zero-order valence-electron chi connectivity index (χ0n) is 16.2. The van der Waals surface area contributed by atoms with Crippen molar-refractivity contribution in [2.75, 3.05) is 25.5 Å². The van der Waals surface area contributed by atoms with Crippen LogP contribution in [-0.2, 0) is 4.79 Å². The predicted octanol–water partition coefficient (Wildman–Crippen LogP) is 4.52. The zero-order valence-corrected chi connectivity index (χ0v) is 16.9. The third-order valence-corrected chi connectivity index (χ3v) is 5.41. The van der Waals surface area contributed by atoms with Crippen LogP contribution in [-0.4, -0.2) is 36.9 Å². The van der Waals surface area contributed by atoms with Gasteiger partial charge in [-0.1, -0.05) is 11.6 Å². The molecule has 1 fully saturated rings. The van der Waals surface area contributed by atoms with E-state index >= 15 is 0 Å². The summed E-state index contributed by atoms with van der Waals surface area (Å²) in [7, 11) is 1.55. The highest BCUT2D eigenvalue weighted by molar-refractivity contribution is 6.32. The van der Waals surface area contributed by atoms with Gasteiger partial charge in [-0.3, -0.25) is 9.59 Å². The van der Waals surface area contributed by atoms with Crippen molar-refractivity contribution in [2.24, 2.45) is 5.92 Å². The molecule has 6 nitrogen and oxygen atoms in total. The largest absolute Gasteiger partial charge is 0.495 e. The molecule has 0 radical (unpaired) electrons. The van der Waals surface area contributed by atoms with Gasteiger partial charge in [0.05, 0.1) is 24.0 Å². The van der Waals surface area contributed by atoms with E-state index < -0.39 is 0 Å². The Morgan fingerprint density at radius 1 is 1.36 bits per heavy atom. The fourth-order valence-corrected chi connectivity index (χ4v) is 3.82. The monoisotopic (exact) mass is 404 g/mol. The first-order valence-corrected chi connectivity index (χ1v) is 9.82. The van der Waals surface area contributed by atoms with Gasteiger partial charge in [0.25, 0.3) is 5.91 Å². The highest BCUT2D eigenvalue weighted by Crippen LogP contribution is 2.28. The first-order chi connectivity index (χ1) is 13.5. The van der Waals surface area contributed by atoms with Crippen LogP contribution in [0.1, 0.15) is 41.8 Å². The van der Waals surface area contributed by atoms with Crippen LogP contribution in [0.3, 0.4) is 0 Å². The maximum Gasteiger partial charge on any atom is 0.257 e. The number of anilines is 1. The van der Waals surface area contributed by atoms with Crippen molar-refractivity contribution in [3.8, 4) is 5.75 Å². The van der Waals surface area contributed by atoms with Crippen LogP contribution in [0, 0.1) is 12.8 Å². The lowest BCUT2D eigenvalue weighted by molar-refractivity contribution is -0.116. The number of furan rings is 1. The smallest absolute Gasteiger partial charge is 0.257 e. The second-order valence-electron chi connectivity index (χ2n) is 7.09. The number of hydrogen-bond donors (Lipinski definition) is 1. The Morgan fingerprint density at radius 3 is 2.86 bits per heavy atom. The molecule has 1 N–H and O–H groups in total. The number of benzene rings is 1. The number of hydrogen-bond acceptors (Lipinski definition) is 4. The maximum atomic E-state index is 12.7. The summed E-state index contributed by atoms with van der Waals surface area (Å²) in [5, 5.41) is 3.32. The van der Waals surface area contributed by atoms with Crippen molar-refractivity contribution < 1.29 is 18.7 Å². The van der Waals surface area contributed by atoms with E-state index in [1.54, 1.807) is 44.6 Å². The molecule has 0 spiro atoms. The van der Waals surface area contributed by atoms with Crippen LogP contribution in [0.25, 0.3) is 0 Å². The molecule has 0 saturated carbocycles. The third kappa shape index (κ3) is 4.87. The lowest BCUT2D eigenvalue weighted by atomic mass is 9.93. The zero-order chi connectivity index (χ0) is 20.1. The normalized spacial score (nSPS) is 16.7. The Labute approximate surface area is 169 Å². The van der Waals surface area contributed by atoms with Crippen molar-refractivity contribution in [1.82, 2.24) is 4.90 Å². The molecule has 7 heteroatoms. The molecule has 150 valence electrons. The van der Waals surface area contributed by atoms with E-state index in [-0.39, 0.29) is 11.8 Å². The van der Waals surface area contributed by atoms with Crippen molar-refractivity contribution in [3.63, 3.8) is 0 Å². The lowest BCUT2D eigenvalue weighted by Gasteiger charge is -2.32. The number of piperidine rings is 1. The molecule has 1 aromatic heterocycles. The summed E-state index contributed by atoms with van der Waals surface area (Å²) in [5.74, 6) is 1.47. The molecule has 1 saturated heterocycles. The number of rotatable bonds is 6. The van der Waals surface area contributed by atoms with Crippen LogP contribution in [0.5, 0.6) is 5.75 Å². The van der Waals surface area contributed by atoms with Crippen molar-refractivity contribution in [3.05, 3.63) is 46.9 Å². The van der Waals surface area contributed by atoms with Gasteiger partial charge in [0.15, 0.2) is 0 Å². The van der Waals surface area contributed by atoms with Gasteiger partial charge in [0, 0.05) is 25.2 Å². The molecule has 2 heterocycles. The Morgan fingerprint density at radius 2 is 2.18 bits per heavy atom. The van der Waals surface area contributed by atoms with Crippen molar-refractivity contribution in [1.29, 1.82) is 0 Å². The summed E-state index contributed by atoms with van der Waals surface area (Å²) in [6.45, 7) is 3.21. The van der Waals surface area contributed by atoms with E-state index in [4.69, 9.17) is 20.8 Å². The Bertz CT molecular complexity index is 849. The van der Waals surface area contributed by atoms with Crippen molar-refractivity contribution >= 4 is 29.1 Å². The molecule has 0 unspecified atom stereocenters. The van der Waals surface area contributed by atoms with Crippen LogP contribution in [0.4, 0.5) is 5.69 Å². The molecule has 3 rings (SSSR count). The quantitative estimate of drug-likeness (QED) is 0.768. The third-order valence-electron chi connectivity index (χ3n) is 5.11. The number of nitrogens with zero attached hydrogens (tertiary/aromatic N) is 1. The van der Waals surface area contributed by atoms with E-state index in [0.29, 0.717) is 46.7 Å². The van der Waals surface area contributed by atoms with Crippen LogP contribution in [0.15, 0.2) is 34.9 Å². The van der Waals surface area contributed by atoms with Gasteiger partial charge in [-0.2, -0.15) is 0 Å². The fourth-order valence-electron chi connectivity index (χ4n) is 3.57. The molecule has 0 bridgehead atoms. The SMILES string of the molecule is COc1ccc(NC(=O)CC[C@@H]2CCCN(C(=O)c3ccoc3C)C2)cc1Cl. The minimum atomic E-state index is -0.0598. The highest BCUT2D eigenvalue weighted by atomic mass is 35.5. The average molecular weight is 405 g/mol. The van der Waals surface area contributed by atoms with E-state index in [1.165, 1.54) is 0 Å². The number of carbonyl (C=O) groups excluding carboxylic acids is 2. The van der Waals surface area contributed by atoms with Gasteiger partial charge >= 0.3 is 0 Å². The summed E-state index contributed by atoms with van der Waals surface area (Å²) >= 11 is 6.09. The maximum absolute atomic E-state index is 12.7. The number of halogens is 1. The van der Waals surface area contributed by atoms with Gasteiger partial charge in [0.1, 0.15) is 11.5 Å². The number of amides is 2. The summed E-state index contributed by atoms with van der Waals surface area (Å²) in [4.78, 5) is 26.8. The van der Waals surface area contributed by atoms with E-state index in [0.717, 1.165) is 25.8 Å². The number of aryl methyl sites for hydroxylation is 1. The number of ether oxygens (including phenoxy) is 1. The van der Waals surface area contributed by atoms with E-state index in [9.17, 15) is 9.59 Å². The Balaban J connectivity index is 1.50. The molecule has 1 aliphatic rings. The van der Waals surface area contributed by atoms with Gasteiger partial charge < -0.3 is 19.4 Å². The summed E-state index contributed by atoms with van der Waals surface area (Å²) in [6.07, 6.45) is 4.66. The predicted molar refractivity (Wildman–Crippen MR) is 108 cm³/mol. The van der Waals surface area contributed by atoms with Crippen LogP contribution >= 0.6 is 11.6 Å². The topological polar surface area (TPSA) is 71.8 Å².